The molecule has 0 radical (unpaired) electrons. The summed E-state index contributed by atoms with van der Waals surface area (Å²) in [5, 5.41) is 11.6. The summed E-state index contributed by atoms with van der Waals surface area (Å²) in [4.78, 5) is 37.4. The Balaban J connectivity index is 0.000000755. The van der Waals surface area contributed by atoms with Crippen molar-refractivity contribution in [3.8, 4) is 11.3 Å². The predicted octanol–water partition coefficient (Wildman–Crippen LogP) is 1.72. The minimum absolute atomic E-state index is 0.194. The van der Waals surface area contributed by atoms with Crippen molar-refractivity contribution < 1.29 is 14.7 Å². The summed E-state index contributed by atoms with van der Waals surface area (Å²) in [6, 6.07) is 13.4. The van der Waals surface area contributed by atoms with Crippen molar-refractivity contribution in [1.29, 1.82) is 0 Å². The van der Waals surface area contributed by atoms with Crippen LogP contribution in [0.15, 0.2) is 53.5 Å². The highest BCUT2D eigenvalue weighted by Gasteiger charge is 2.25. The maximum Gasteiger partial charge on any atom is 0.290 e. The number of hydrogen-bond acceptors (Lipinski definition) is 4. The quantitative estimate of drug-likeness (QED) is 0.644. The van der Waals surface area contributed by atoms with E-state index >= 15 is 0 Å². The highest BCUT2D eigenvalue weighted by atomic mass is 16.3. The van der Waals surface area contributed by atoms with Crippen molar-refractivity contribution in [2.45, 2.75) is 12.8 Å². The number of nitrogens with zero attached hydrogens (tertiary/aromatic N) is 3. The number of aryl methyl sites for hydroxylation is 1. The largest absolute Gasteiger partial charge is 0.483 e. The molecule has 1 amide bonds. The number of nitrogens with one attached hydrogen (secondary N) is 1. The van der Waals surface area contributed by atoms with Gasteiger partial charge in [-0.3, -0.25) is 19.1 Å². The summed E-state index contributed by atoms with van der Waals surface area (Å²) in [6.45, 7) is 0.902. The number of benzene rings is 1. The second kappa shape index (κ2) is 9.01. The Kier molecular flexibility index (Phi) is 6.23. The van der Waals surface area contributed by atoms with Crippen molar-refractivity contribution in [1.82, 2.24) is 19.7 Å². The van der Waals surface area contributed by atoms with E-state index in [0.717, 1.165) is 29.8 Å². The van der Waals surface area contributed by atoms with E-state index in [2.05, 4.69) is 17.1 Å². The number of carbonyl (C=O) groups is 2. The highest BCUT2D eigenvalue weighted by Crippen LogP contribution is 2.28. The number of aromatic nitrogens is 3. The first-order valence-corrected chi connectivity index (χ1v) is 9.21. The lowest BCUT2D eigenvalue weighted by atomic mass is 10.0. The number of aromatic amines is 1. The van der Waals surface area contributed by atoms with Crippen LogP contribution < -0.4 is 5.56 Å². The first kappa shape index (κ1) is 20.1. The molecular formula is C21H22N4O4. The average Bonchev–Trinajstić information content (AvgIpc) is 2.90. The molecule has 2 aromatic heterocycles. The normalized spacial score (nSPS) is 12.9. The Hall–Kier alpha value is -3.68. The summed E-state index contributed by atoms with van der Waals surface area (Å²) >= 11 is 0. The van der Waals surface area contributed by atoms with E-state index in [1.165, 1.54) is 11.8 Å². The molecule has 29 heavy (non-hydrogen) atoms. The summed E-state index contributed by atoms with van der Waals surface area (Å²) in [6.07, 6.45) is 2.99. The van der Waals surface area contributed by atoms with Crippen LogP contribution in [0, 0.1) is 0 Å². The molecule has 1 aliphatic heterocycles. The van der Waals surface area contributed by atoms with E-state index in [1.54, 1.807) is 17.0 Å². The summed E-state index contributed by atoms with van der Waals surface area (Å²) in [7, 11) is 1.95. The fourth-order valence-electron chi connectivity index (χ4n) is 3.57. The predicted molar refractivity (Wildman–Crippen MR) is 108 cm³/mol. The van der Waals surface area contributed by atoms with Crippen LogP contribution in [0.5, 0.6) is 0 Å². The Bertz CT molecular complexity index is 1060. The molecule has 0 fully saturated rings. The minimum atomic E-state index is -0.342. The number of H-pyrrole nitrogens is 1. The van der Waals surface area contributed by atoms with Crippen molar-refractivity contribution in [3.05, 3.63) is 75.8 Å². The van der Waals surface area contributed by atoms with E-state index < -0.39 is 0 Å². The Morgan fingerprint density at radius 1 is 1.14 bits per heavy atom. The third-order valence-corrected chi connectivity index (χ3v) is 4.91. The number of fused-ring (bicyclic) bond motifs is 1. The SMILES string of the molecule is Cn1nc(-c2ccccc2)c2c1CCN(C(=O)c1ccc[nH]c1=O)CC2.O=CO. The van der Waals surface area contributed by atoms with Crippen LogP contribution >= 0.6 is 0 Å². The summed E-state index contributed by atoms with van der Waals surface area (Å²) < 4.78 is 1.92. The molecule has 4 rings (SSSR count). The molecule has 8 nitrogen and oxygen atoms in total. The van der Waals surface area contributed by atoms with Gasteiger partial charge in [0.25, 0.3) is 17.9 Å². The molecule has 0 saturated heterocycles. The molecule has 0 saturated carbocycles. The first-order chi connectivity index (χ1) is 14.1. The maximum absolute atomic E-state index is 12.8. The number of rotatable bonds is 2. The van der Waals surface area contributed by atoms with Crippen molar-refractivity contribution in [2.75, 3.05) is 13.1 Å². The van der Waals surface area contributed by atoms with E-state index in [9.17, 15) is 9.59 Å². The lowest BCUT2D eigenvalue weighted by Crippen LogP contribution is -2.36. The Labute approximate surface area is 167 Å². The highest BCUT2D eigenvalue weighted by molar-refractivity contribution is 5.93. The molecule has 2 N–H and O–H groups in total. The van der Waals surface area contributed by atoms with Crippen molar-refractivity contribution in [2.24, 2.45) is 7.05 Å². The molecule has 0 unspecified atom stereocenters. The van der Waals surface area contributed by atoms with Gasteiger partial charge in [0.1, 0.15) is 5.56 Å². The summed E-state index contributed by atoms with van der Waals surface area (Å²) in [5.41, 5.74) is 4.27. The van der Waals surface area contributed by atoms with Gasteiger partial charge in [-0.05, 0) is 18.6 Å². The van der Waals surface area contributed by atoms with Gasteiger partial charge in [0.15, 0.2) is 0 Å². The van der Waals surface area contributed by atoms with Crippen molar-refractivity contribution in [3.63, 3.8) is 0 Å². The fourth-order valence-corrected chi connectivity index (χ4v) is 3.57. The maximum atomic E-state index is 12.8. The van der Waals surface area contributed by atoms with Gasteiger partial charge in [-0.15, -0.1) is 0 Å². The van der Waals surface area contributed by atoms with Crippen LogP contribution in [0.1, 0.15) is 21.6 Å². The molecule has 3 aromatic rings. The molecule has 1 aliphatic rings. The van der Waals surface area contributed by atoms with E-state index in [-0.39, 0.29) is 23.5 Å². The molecule has 0 bridgehead atoms. The van der Waals surface area contributed by atoms with E-state index in [0.29, 0.717) is 13.1 Å². The van der Waals surface area contributed by atoms with Gasteiger partial charge in [-0.2, -0.15) is 5.10 Å². The standard InChI is InChI=1S/C20H20N4O2.CH2O2/c1-23-17-10-13-24(20(26)16-8-5-11-21-19(16)25)12-9-15(17)18(22-23)14-6-3-2-4-7-14;2-1-3/h2-8,11H,9-10,12-13H2,1H3,(H,21,25);1H,(H,2,3). The van der Waals surface area contributed by atoms with E-state index in [4.69, 9.17) is 15.0 Å². The lowest BCUT2D eigenvalue weighted by molar-refractivity contribution is -0.122. The summed E-state index contributed by atoms with van der Waals surface area (Å²) in [5.74, 6) is -0.214. The molecule has 150 valence electrons. The molecular weight excluding hydrogens is 372 g/mol. The number of amides is 1. The lowest BCUT2D eigenvalue weighted by Gasteiger charge is -2.20. The number of carboxylic acid groups (broad SMARTS) is 1. The second-order valence-electron chi connectivity index (χ2n) is 6.57. The van der Waals surface area contributed by atoms with Crippen LogP contribution in [0.25, 0.3) is 11.3 Å². The third kappa shape index (κ3) is 4.26. The zero-order valence-corrected chi connectivity index (χ0v) is 16.0. The molecule has 0 spiro atoms. The second-order valence-corrected chi connectivity index (χ2v) is 6.57. The molecule has 0 atom stereocenters. The Morgan fingerprint density at radius 2 is 1.83 bits per heavy atom. The van der Waals surface area contributed by atoms with Crippen LogP contribution in [0.4, 0.5) is 0 Å². The zero-order valence-electron chi connectivity index (χ0n) is 16.0. The number of carbonyl (C=O) groups excluding carboxylic acids is 1. The fraction of sp³-hybridized carbons (Fsp3) is 0.238. The minimum Gasteiger partial charge on any atom is -0.483 e. The van der Waals surface area contributed by atoms with Gasteiger partial charge < -0.3 is 15.0 Å². The van der Waals surface area contributed by atoms with E-state index in [1.807, 2.05) is 29.9 Å². The van der Waals surface area contributed by atoms with Crippen molar-refractivity contribution >= 4 is 12.4 Å². The molecule has 3 heterocycles. The molecule has 1 aromatic carbocycles. The van der Waals surface area contributed by atoms with Gasteiger partial charge in [-0.1, -0.05) is 30.3 Å². The van der Waals surface area contributed by atoms with Crippen LogP contribution in [0.3, 0.4) is 0 Å². The monoisotopic (exact) mass is 394 g/mol. The van der Waals surface area contributed by atoms with Gasteiger partial charge in [0, 0.05) is 49.6 Å². The third-order valence-electron chi connectivity index (χ3n) is 4.91. The Morgan fingerprint density at radius 3 is 2.52 bits per heavy atom. The van der Waals surface area contributed by atoms with Crippen LogP contribution in [-0.4, -0.2) is 50.2 Å². The van der Waals surface area contributed by atoms with Gasteiger partial charge in [0.05, 0.1) is 5.69 Å². The number of pyridine rings is 1. The molecule has 8 heteroatoms. The van der Waals surface area contributed by atoms with Gasteiger partial charge in [-0.25, -0.2) is 0 Å². The average molecular weight is 394 g/mol. The van der Waals surface area contributed by atoms with Gasteiger partial charge in [0.2, 0.25) is 0 Å². The van der Waals surface area contributed by atoms with Crippen LogP contribution in [-0.2, 0) is 24.7 Å². The van der Waals surface area contributed by atoms with Crippen LogP contribution in [0.2, 0.25) is 0 Å². The zero-order chi connectivity index (χ0) is 20.8. The number of hydrogen-bond donors (Lipinski definition) is 2. The smallest absolute Gasteiger partial charge is 0.290 e. The van der Waals surface area contributed by atoms with Gasteiger partial charge >= 0.3 is 0 Å². The topological polar surface area (TPSA) is 108 Å². The first-order valence-electron chi connectivity index (χ1n) is 9.21. The molecule has 0 aliphatic carbocycles.